The lowest BCUT2D eigenvalue weighted by molar-refractivity contribution is 0.0216. The second kappa shape index (κ2) is 8.41. The number of ether oxygens (including phenoxy) is 2. The summed E-state index contributed by atoms with van der Waals surface area (Å²) >= 11 is 0. The summed E-state index contributed by atoms with van der Waals surface area (Å²) < 4.78 is 39.0. The lowest BCUT2D eigenvalue weighted by atomic mass is 9.77. The number of sulfonamides is 1. The van der Waals surface area contributed by atoms with Crippen molar-refractivity contribution in [3.63, 3.8) is 0 Å². The Morgan fingerprint density at radius 1 is 1.21 bits per heavy atom. The second-order valence-corrected chi connectivity index (χ2v) is 10.4. The largest absolute Gasteiger partial charge is 0.493 e. The first-order valence-corrected chi connectivity index (χ1v) is 12.3. The molecule has 4 rings (SSSR count). The summed E-state index contributed by atoms with van der Waals surface area (Å²) in [6, 6.07) is 4.42. The third-order valence-electron chi connectivity index (χ3n) is 6.90. The Morgan fingerprint density at radius 2 is 2.03 bits per heavy atom. The van der Waals surface area contributed by atoms with Crippen LogP contribution in [0.15, 0.2) is 12.1 Å². The number of benzene rings is 1. The molecule has 3 aliphatic heterocycles. The van der Waals surface area contributed by atoms with E-state index < -0.39 is 10.0 Å². The van der Waals surface area contributed by atoms with E-state index in [1.165, 1.54) is 11.1 Å². The number of methoxy groups -OCH3 is 2. The van der Waals surface area contributed by atoms with Crippen molar-refractivity contribution in [1.29, 1.82) is 0 Å². The van der Waals surface area contributed by atoms with Crippen molar-refractivity contribution >= 4 is 10.0 Å². The molecule has 0 bridgehead atoms. The van der Waals surface area contributed by atoms with Gasteiger partial charge in [0, 0.05) is 37.3 Å². The third kappa shape index (κ3) is 3.76. The Kier molecular flexibility index (Phi) is 6.06. The zero-order chi connectivity index (χ0) is 20.6. The second-order valence-electron chi connectivity index (χ2n) is 8.40. The average Bonchev–Trinajstić information content (AvgIpc) is 2.74. The van der Waals surface area contributed by atoms with Crippen LogP contribution in [0.25, 0.3) is 0 Å². The van der Waals surface area contributed by atoms with E-state index in [9.17, 15) is 8.42 Å². The summed E-state index contributed by atoms with van der Waals surface area (Å²) in [5.74, 6) is 2.15. The molecule has 0 saturated carbocycles. The molecular weight excluding hydrogens is 390 g/mol. The topological polar surface area (TPSA) is 85.1 Å². The number of hydrogen-bond acceptors (Lipinski definition) is 6. The summed E-state index contributed by atoms with van der Waals surface area (Å²) in [5.41, 5.74) is 8.05. The van der Waals surface area contributed by atoms with Gasteiger partial charge in [0.2, 0.25) is 10.0 Å². The average molecular weight is 424 g/mol. The van der Waals surface area contributed by atoms with E-state index in [4.69, 9.17) is 15.2 Å². The molecule has 0 unspecified atom stereocenters. The van der Waals surface area contributed by atoms with E-state index >= 15 is 0 Å². The van der Waals surface area contributed by atoms with Crippen molar-refractivity contribution in [3.8, 4) is 11.5 Å². The summed E-state index contributed by atoms with van der Waals surface area (Å²) in [4.78, 5) is 2.55. The Labute approximate surface area is 174 Å². The van der Waals surface area contributed by atoms with Crippen LogP contribution in [0.5, 0.6) is 11.5 Å². The standard InChI is InChI=1S/C21H33N3O4S/c1-27-20-7-6-16-17(21(20)28-2)8-11-23-14-15-5-3-10-24(18(15)13-19(16)23)29(25,26)12-4-9-22/h6-7,15,18-19H,3-5,8-14,22H2,1-2H3/t15-,18+,19+/m1/s1. The van der Waals surface area contributed by atoms with Crippen LogP contribution in [0.3, 0.4) is 0 Å². The first-order chi connectivity index (χ1) is 14.0. The molecule has 0 aliphatic carbocycles. The van der Waals surface area contributed by atoms with E-state index in [-0.39, 0.29) is 17.8 Å². The van der Waals surface area contributed by atoms with Crippen LogP contribution in [-0.2, 0) is 16.4 Å². The maximum absolute atomic E-state index is 13.0. The van der Waals surface area contributed by atoms with E-state index in [1.54, 1.807) is 14.2 Å². The molecule has 3 atom stereocenters. The number of piperidine rings is 2. The SMILES string of the molecule is COc1ccc2c(c1OC)CCN1C[C@H]3CCCN(S(=O)(=O)CCCN)[C@H]3C[C@@H]21. The van der Waals surface area contributed by atoms with E-state index in [2.05, 4.69) is 11.0 Å². The van der Waals surface area contributed by atoms with Gasteiger partial charge < -0.3 is 15.2 Å². The molecular formula is C21H33N3O4S. The minimum absolute atomic E-state index is 0.0758. The quantitative estimate of drug-likeness (QED) is 0.751. The number of hydrogen-bond donors (Lipinski definition) is 1. The molecule has 2 saturated heterocycles. The minimum Gasteiger partial charge on any atom is -0.493 e. The molecule has 7 nitrogen and oxygen atoms in total. The van der Waals surface area contributed by atoms with Gasteiger partial charge in [0.1, 0.15) is 0 Å². The summed E-state index contributed by atoms with van der Waals surface area (Å²) in [7, 11) is 0.0877. The Bertz CT molecular complexity index is 845. The fourth-order valence-electron chi connectivity index (χ4n) is 5.56. The first kappa shape index (κ1) is 20.9. The van der Waals surface area contributed by atoms with E-state index in [0.29, 0.717) is 25.4 Å². The molecule has 0 radical (unpaired) electrons. The molecule has 3 aliphatic rings. The van der Waals surface area contributed by atoms with Gasteiger partial charge in [0.05, 0.1) is 20.0 Å². The van der Waals surface area contributed by atoms with E-state index in [0.717, 1.165) is 50.3 Å². The summed E-state index contributed by atoms with van der Waals surface area (Å²) in [5, 5.41) is 0. The molecule has 8 heteroatoms. The van der Waals surface area contributed by atoms with Gasteiger partial charge in [-0.05, 0) is 56.2 Å². The molecule has 1 aromatic rings. The highest BCUT2D eigenvalue weighted by Gasteiger charge is 2.46. The normalized spacial score (nSPS) is 27.6. The lowest BCUT2D eigenvalue weighted by Gasteiger charge is -2.51. The van der Waals surface area contributed by atoms with Gasteiger partial charge in [0.25, 0.3) is 0 Å². The highest BCUT2D eigenvalue weighted by molar-refractivity contribution is 7.89. The van der Waals surface area contributed by atoms with Crippen LogP contribution in [0, 0.1) is 5.92 Å². The van der Waals surface area contributed by atoms with Gasteiger partial charge in [-0.1, -0.05) is 6.07 Å². The van der Waals surface area contributed by atoms with Gasteiger partial charge in [-0.3, -0.25) is 4.90 Å². The smallest absolute Gasteiger partial charge is 0.214 e. The fourth-order valence-corrected chi connectivity index (χ4v) is 7.41. The summed E-state index contributed by atoms with van der Waals surface area (Å²) in [6.07, 6.45) is 4.35. The number of rotatable bonds is 6. The Balaban J connectivity index is 1.65. The molecule has 29 heavy (non-hydrogen) atoms. The molecule has 1 aromatic carbocycles. The zero-order valence-electron chi connectivity index (χ0n) is 17.5. The Hall–Kier alpha value is -1.35. The van der Waals surface area contributed by atoms with Crippen molar-refractivity contribution in [3.05, 3.63) is 23.3 Å². The van der Waals surface area contributed by atoms with Crippen molar-refractivity contribution in [2.45, 2.75) is 44.2 Å². The van der Waals surface area contributed by atoms with Crippen LogP contribution in [0.2, 0.25) is 0 Å². The molecule has 0 amide bonds. The molecule has 0 spiro atoms. The van der Waals surface area contributed by atoms with E-state index in [1.807, 2.05) is 10.4 Å². The highest BCUT2D eigenvalue weighted by atomic mass is 32.2. The van der Waals surface area contributed by atoms with Gasteiger partial charge in [-0.2, -0.15) is 4.31 Å². The van der Waals surface area contributed by atoms with Crippen molar-refractivity contribution in [1.82, 2.24) is 9.21 Å². The molecule has 162 valence electrons. The van der Waals surface area contributed by atoms with Gasteiger partial charge in [0.15, 0.2) is 11.5 Å². The lowest BCUT2D eigenvalue weighted by Crippen LogP contribution is -2.57. The van der Waals surface area contributed by atoms with Crippen molar-refractivity contribution in [2.75, 3.05) is 46.2 Å². The minimum atomic E-state index is -3.26. The Morgan fingerprint density at radius 3 is 2.76 bits per heavy atom. The predicted molar refractivity (Wildman–Crippen MR) is 113 cm³/mol. The zero-order valence-corrected chi connectivity index (χ0v) is 18.3. The van der Waals surface area contributed by atoms with Crippen LogP contribution < -0.4 is 15.2 Å². The van der Waals surface area contributed by atoms with Crippen LogP contribution in [0.1, 0.15) is 42.9 Å². The summed E-state index contributed by atoms with van der Waals surface area (Å²) in [6.45, 7) is 2.99. The first-order valence-electron chi connectivity index (χ1n) is 10.7. The van der Waals surface area contributed by atoms with Crippen LogP contribution in [-0.4, -0.2) is 69.8 Å². The maximum atomic E-state index is 13.0. The number of nitrogens with two attached hydrogens (primary N) is 1. The third-order valence-corrected chi connectivity index (χ3v) is 8.87. The fraction of sp³-hybridized carbons (Fsp3) is 0.714. The highest BCUT2D eigenvalue weighted by Crippen LogP contribution is 2.47. The number of nitrogens with zero attached hydrogens (tertiary/aromatic N) is 2. The molecule has 0 aromatic heterocycles. The maximum Gasteiger partial charge on any atom is 0.214 e. The van der Waals surface area contributed by atoms with Gasteiger partial charge in [-0.15, -0.1) is 0 Å². The van der Waals surface area contributed by atoms with Crippen molar-refractivity contribution in [2.24, 2.45) is 11.7 Å². The molecule has 2 N–H and O–H groups in total. The number of fused-ring (bicyclic) bond motifs is 4. The predicted octanol–water partition coefficient (Wildman–Crippen LogP) is 1.77. The van der Waals surface area contributed by atoms with Gasteiger partial charge in [-0.25, -0.2) is 8.42 Å². The van der Waals surface area contributed by atoms with Gasteiger partial charge >= 0.3 is 0 Å². The van der Waals surface area contributed by atoms with Crippen LogP contribution >= 0.6 is 0 Å². The van der Waals surface area contributed by atoms with Crippen molar-refractivity contribution < 1.29 is 17.9 Å². The molecule has 2 fully saturated rings. The van der Waals surface area contributed by atoms with Crippen LogP contribution in [0.4, 0.5) is 0 Å². The monoisotopic (exact) mass is 423 g/mol. The molecule has 3 heterocycles.